The van der Waals surface area contributed by atoms with Crippen molar-refractivity contribution in [2.24, 2.45) is 0 Å². The zero-order valence-corrected chi connectivity index (χ0v) is 15.5. The van der Waals surface area contributed by atoms with Gasteiger partial charge in [-0.3, -0.25) is 0 Å². The standard InChI is InChI=1S/C17H17Br2NO2/c1-21-8-9-22-7-6-20-16-10-12(18)2-4-14(16)15-5-3-13(19)11-17(15)20/h2-5,10-11H,6-9H2,1H3. The first-order chi connectivity index (χ1) is 10.7. The predicted molar refractivity (Wildman–Crippen MR) is 97.5 cm³/mol. The van der Waals surface area contributed by atoms with Gasteiger partial charge in [-0.1, -0.05) is 44.0 Å². The van der Waals surface area contributed by atoms with E-state index in [1.807, 2.05) is 0 Å². The van der Waals surface area contributed by atoms with Gasteiger partial charge in [0.2, 0.25) is 0 Å². The summed E-state index contributed by atoms with van der Waals surface area (Å²) >= 11 is 7.14. The maximum absolute atomic E-state index is 5.64. The molecule has 3 aromatic rings. The minimum Gasteiger partial charge on any atom is -0.382 e. The molecule has 0 unspecified atom stereocenters. The Hall–Kier alpha value is -0.880. The Morgan fingerprint density at radius 1 is 0.864 bits per heavy atom. The summed E-state index contributed by atoms with van der Waals surface area (Å²) in [6, 6.07) is 12.8. The molecule has 1 heterocycles. The highest BCUT2D eigenvalue weighted by molar-refractivity contribution is 9.10. The number of rotatable bonds is 6. The van der Waals surface area contributed by atoms with Gasteiger partial charge >= 0.3 is 0 Å². The smallest absolute Gasteiger partial charge is 0.0701 e. The van der Waals surface area contributed by atoms with Crippen LogP contribution in [0, 0.1) is 0 Å². The molecule has 1 aromatic heterocycles. The predicted octanol–water partition coefficient (Wildman–Crippen LogP) is 4.98. The van der Waals surface area contributed by atoms with Crippen molar-refractivity contribution >= 4 is 53.7 Å². The van der Waals surface area contributed by atoms with E-state index in [9.17, 15) is 0 Å². The van der Waals surface area contributed by atoms with E-state index in [0.717, 1.165) is 15.5 Å². The first-order valence-electron chi connectivity index (χ1n) is 7.14. The van der Waals surface area contributed by atoms with Gasteiger partial charge in [0, 0.05) is 33.4 Å². The van der Waals surface area contributed by atoms with Crippen LogP contribution in [0.3, 0.4) is 0 Å². The maximum Gasteiger partial charge on any atom is 0.0701 e. The normalized spacial score (nSPS) is 11.6. The van der Waals surface area contributed by atoms with Crippen LogP contribution in [-0.4, -0.2) is 31.5 Å². The summed E-state index contributed by atoms with van der Waals surface area (Å²) in [7, 11) is 1.69. The molecule has 116 valence electrons. The zero-order chi connectivity index (χ0) is 15.5. The zero-order valence-electron chi connectivity index (χ0n) is 12.3. The van der Waals surface area contributed by atoms with Gasteiger partial charge in [-0.25, -0.2) is 0 Å². The summed E-state index contributed by atoms with van der Waals surface area (Å²) in [4.78, 5) is 0. The summed E-state index contributed by atoms with van der Waals surface area (Å²) in [5, 5.41) is 2.53. The number of hydrogen-bond acceptors (Lipinski definition) is 2. The molecule has 0 N–H and O–H groups in total. The van der Waals surface area contributed by atoms with Crippen molar-refractivity contribution < 1.29 is 9.47 Å². The molecule has 0 fully saturated rings. The Balaban J connectivity index is 2.00. The fourth-order valence-electron chi connectivity index (χ4n) is 2.68. The van der Waals surface area contributed by atoms with Crippen LogP contribution in [0.1, 0.15) is 0 Å². The average Bonchev–Trinajstić information content (AvgIpc) is 2.79. The number of halogens is 2. The van der Waals surface area contributed by atoms with Crippen molar-refractivity contribution in [1.82, 2.24) is 4.57 Å². The second-order valence-electron chi connectivity index (χ2n) is 5.08. The SMILES string of the molecule is COCCOCCn1c2cc(Br)ccc2c2ccc(Br)cc21. The lowest BCUT2D eigenvalue weighted by Gasteiger charge is -2.09. The van der Waals surface area contributed by atoms with E-state index >= 15 is 0 Å². The number of benzene rings is 2. The van der Waals surface area contributed by atoms with E-state index in [4.69, 9.17) is 9.47 Å². The lowest BCUT2D eigenvalue weighted by molar-refractivity contribution is 0.0673. The van der Waals surface area contributed by atoms with E-state index in [0.29, 0.717) is 19.8 Å². The van der Waals surface area contributed by atoms with Gasteiger partial charge in [-0.05, 0) is 24.3 Å². The van der Waals surface area contributed by atoms with Gasteiger partial charge < -0.3 is 14.0 Å². The minimum absolute atomic E-state index is 0.626. The van der Waals surface area contributed by atoms with Gasteiger partial charge in [-0.15, -0.1) is 0 Å². The molecule has 3 nitrogen and oxygen atoms in total. The van der Waals surface area contributed by atoms with Gasteiger partial charge in [0.05, 0.1) is 30.9 Å². The fourth-order valence-corrected chi connectivity index (χ4v) is 3.38. The second-order valence-corrected chi connectivity index (χ2v) is 6.91. The molecule has 22 heavy (non-hydrogen) atoms. The van der Waals surface area contributed by atoms with Crippen molar-refractivity contribution in [2.45, 2.75) is 6.54 Å². The number of ether oxygens (including phenoxy) is 2. The third kappa shape index (κ3) is 3.23. The lowest BCUT2D eigenvalue weighted by atomic mass is 10.2. The van der Waals surface area contributed by atoms with Crippen molar-refractivity contribution in [1.29, 1.82) is 0 Å². The van der Waals surface area contributed by atoms with Crippen LogP contribution in [0.5, 0.6) is 0 Å². The molecule has 0 atom stereocenters. The van der Waals surface area contributed by atoms with E-state index < -0.39 is 0 Å². The molecule has 0 saturated carbocycles. The van der Waals surface area contributed by atoms with Crippen LogP contribution >= 0.6 is 31.9 Å². The molecule has 5 heteroatoms. The summed E-state index contributed by atoms with van der Waals surface area (Å²) in [6.07, 6.45) is 0. The molecule has 0 spiro atoms. The topological polar surface area (TPSA) is 23.4 Å². The lowest BCUT2D eigenvalue weighted by Crippen LogP contribution is -2.09. The highest BCUT2D eigenvalue weighted by Crippen LogP contribution is 2.32. The minimum atomic E-state index is 0.626. The Bertz CT molecular complexity index is 739. The molecular formula is C17H17Br2NO2. The highest BCUT2D eigenvalue weighted by atomic mass is 79.9. The van der Waals surface area contributed by atoms with E-state index in [1.54, 1.807) is 7.11 Å². The van der Waals surface area contributed by atoms with Crippen LogP contribution in [-0.2, 0) is 16.0 Å². The number of methoxy groups -OCH3 is 1. The molecule has 0 bridgehead atoms. The summed E-state index contributed by atoms with van der Waals surface area (Å²) < 4.78 is 15.1. The molecule has 0 aliphatic heterocycles. The molecule has 0 aliphatic carbocycles. The third-order valence-corrected chi connectivity index (χ3v) is 4.67. The van der Waals surface area contributed by atoms with Crippen molar-refractivity contribution in [3.05, 3.63) is 45.3 Å². The molecule has 0 aliphatic rings. The number of nitrogens with zero attached hydrogens (tertiary/aromatic N) is 1. The van der Waals surface area contributed by atoms with Crippen molar-refractivity contribution in [3.8, 4) is 0 Å². The monoisotopic (exact) mass is 425 g/mol. The number of aromatic nitrogens is 1. The molecule has 0 saturated heterocycles. The fraction of sp³-hybridized carbons (Fsp3) is 0.294. The third-order valence-electron chi connectivity index (χ3n) is 3.68. The first kappa shape index (κ1) is 16.0. The quantitative estimate of drug-likeness (QED) is 0.518. The van der Waals surface area contributed by atoms with Crippen LogP contribution < -0.4 is 0 Å². The molecule has 2 aromatic carbocycles. The molecular weight excluding hydrogens is 410 g/mol. The summed E-state index contributed by atoms with van der Waals surface area (Å²) in [5.41, 5.74) is 2.44. The van der Waals surface area contributed by atoms with E-state index in [-0.39, 0.29) is 0 Å². The van der Waals surface area contributed by atoms with Crippen LogP contribution in [0.4, 0.5) is 0 Å². The average molecular weight is 427 g/mol. The van der Waals surface area contributed by atoms with Crippen LogP contribution in [0.25, 0.3) is 21.8 Å². The van der Waals surface area contributed by atoms with E-state index in [1.165, 1.54) is 21.8 Å². The summed E-state index contributed by atoms with van der Waals surface area (Å²) in [6.45, 7) is 2.74. The number of hydrogen-bond donors (Lipinski definition) is 0. The van der Waals surface area contributed by atoms with Crippen LogP contribution in [0.15, 0.2) is 45.3 Å². The van der Waals surface area contributed by atoms with Gasteiger partial charge in [-0.2, -0.15) is 0 Å². The van der Waals surface area contributed by atoms with Crippen LogP contribution in [0.2, 0.25) is 0 Å². The van der Waals surface area contributed by atoms with Gasteiger partial charge in [0.1, 0.15) is 0 Å². The Morgan fingerprint density at radius 2 is 1.45 bits per heavy atom. The highest BCUT2D eigenvalue weighted by Gasteiger charge is 2.11. The van der Waals surface area contributed by atoms with Gasteiger partial charge in [0.25, 0.3) is 0 Å². The maximum atomic E-state index is 5.64. The Kier molecular flexibility index (Phi) is 5.18. The second kappa shape index (κ2) is 7.13. The van der Waals surface area contributed by atoms with E-state index in [2.05, 4.69) is 72.8 Å². The Morgan fingerprint density at radius 3 is 2.00 bits per heavy atom. The largest absolute Gasteiger partial charge is 0.382 e. The summed E-state index contributed by atoms with van der Waals surface area (Å²) in [5.74, 6) is 0. The molecule has 0 amide bonds. The number of fused-ring (bicyclic) bond motifs is 3. The Labute approximate surface area is 146 Å². The van der Waals surface area contributed by atoms with Gasteiger partial charge in [0.15, 0.2) is 0 Å². The molecule has 0 radical (unpaired) electrons. The first-order valence-corrected chi connectivity index (χ1v) is 8.73. The molecule has 3 rings (SSSR count). The van der Waals surface area contributed by atoms with Crippen molar-refractivity contribution in [2.75, 3.05) is 26.9 Å². The van der Waals surface area contributed by atoms with Crippen molar-refractivity contribution in [3.63, 3.8) is 0 Å².